The summed E-state index contributed by atoms with van der Waals surface area (Å²) in [6, 6.07) is 15.0. The second-order valence-corrected chi connectivity index (χ2v) is 6.24. The van der Waals surface area contributed by atoms with Crippen molar-refractivity contribution in [2.45, 2.75) is 13.0 Å². The second-order valence-electron chi connectivity index (χ2n) is 5.81. The van der Waals surface area contributed by atoms with Crippen LogP contribution in [-0.2, 0) is 6.61 Å². The monoisotopic (exact) mass is 380 g/mol. The van der Waals surface area contributed by atoms with Gasteiger partial charge in [0.2, 0.25) is 0 Å². The van der Waals surface area contributed by atoms with Crippen LogP contribution >= 0.6 is 24.0 Å². The van der Waals surface area contributed by atoms with Gasteiger partial charge in [0.15, 0.2) is 0 Å². The number of halogens is 2. The average Bonchev–Trinajstić information content (AvgIpc) is 2.90. The summed E-state index contributed by atoms with van der Waals surface area (Å²) < 4.78 is 5.90. The Morgan fingerprint density at radius 1 is 1.08 bits per heavy atom. The van der Waals surface area contributed by atoms with Crippen molar-refractivity contribution in [3.63, 3.8) is 0 Å². The Kier molecular flexibility index (Phi) is 7.56. The van der Waals surface area contributed by atoms with Crippen molar-refractivity contribution < 1.29 is 9.53 Å². The molecule has 3 rings (SSSR count). The van der Waals surface area contributed by atoms with Crippen LogP contribution in [0.1, 0.15) is 22.3 Å². The summed E-state index contributed by atoms with van der Waals surface area (Å²) in [4.78, 5) is 14.7. The lowest BCUT2D eigenvalue weighted by Gasteiger charge is -2.21. The van der Waals surface area contributed by atoms with Crippen LogP contribution < -0.4 is 10.1 Å². The first kappa shape index (κ1) is 19.6. The van der Waals surface area contributed by atoms with E-state index in [1.165, 1.54) is 0 Å². The van der Waals surface area contributed by atoms with Crippen molar-refractivity contribution in [2.24, 2.45) is 0 Å². The summed E-state index contributed by atoms with van der Waals surface area (Å²) >= 11 is 5.90. The van der Waals surface area contributed by atoms with Crippen molar-refractivity contribution in [1.29, 1.82) is 0 Å². The Hall–Kier alpha value is -1.75. The van der Waals surface area contributed by atoms with Crippen molar-refractivity contribution in [1.82, 2.24) is 10.2 Å². The number of rotatable bonds is 4. The molecule has 1 heterocycles. The number of hydrogen-bond acceptors (Lipinski definition) is 3. The average molecular weight is 381 g/mol. The van der Waals surface area contributed by atoms with Gasteiger partial charge in [-0.3, -0.25) is 4.79 Å². The highest BCUT2D eigenvalue weighted by molar-refractivity contribution is 6.30. The molecule has 0 aromatic heterocycles. The van der Waals surface area contributed by atoms with Gasteiger partial charge in [0.25, 0.3) is 5.91 Å². The van der Waals surface area contributed by atoms with Gasteiger partial charge in [-0.25, -0.2) is 0 Å². The fraction of sp³-hybridized carbons (Fsp3) is 0.316. The van der Waals surface area contributed by atoms with E-state index in [1.807, 2.05) is 53.4 Å². The number of carbonyl (C=O) groups excluding carboxylic acids is 1. The first-order valence-electron chi connectivity index (χ1n) is 8.20. The lowest BCUT2D eigenvalue weighted by atomic mass is 10.1. The Morgan fingerprint density at radius 2 is 1.84 bits per heavy atom. The van der Waals surface area contributed by atoms with E-state index in [2.05, 4.69) is 5.32 Å². The molecule has 0 aliphatic carbocycles. The Bertz CT molecular complexity index is 684. The number of ether oxygens (including phenoxy) is 1. The predicted octanol–water partition coefficient (Wildman–Crippen LogP) is 3.78. The van der Waals surface area contributed by atoms with E-state index in [-0.39, 0.29) is 18.3 Å². The molecule has 0 bridgehead atoms. The molecule has 25 heavy (non-hydrogen) atoms. The van der Waals surface area contributed by atoms with Crippen molar-refractivity contribution in [3.8, 4) is 5.75 Å². The topological polar surface area (TPSA) is 41.6 Å². The fourth-order valence-corrected chi connectivity index (χ4v) is 2.86. The summed E-state index contributed by atoms with van der Waals surface area (Å²) in [7, 11) is 0. The molecule has 0 spiro atoms. The SMILES string of the molecule is Cl.O=C(c1ccccc1OCc1ccc(Cl)cc1)N1CCCNCC1. The number of nitrogens with one attached hydrogen (secondary N) is 1. The van der Waals surface area contributed by atoms with Crippen molar-refractivity contribution in [3.05, 3.63) is 64.7 Å². The molecule has 2 aromatic rings. The minimum Gasteiger partial charge on any atom is -0.488 e. The van der Waals surface area contributed by atoms with Crippen LogP contribution in [0.2, 0.25) is 5.02 Å². The highest BCUT2D eigenvalue weighted by atomic mass is 35.5. The number of benzene rings is 2. The van der Waals surface area contributed by atoms with Gasteiger partial charge in [-0.15, -0.1) is 12.4 Å². The van der Waals surface area contributed by atoms with E-state index in [9.17, 15) is 4.79 Å². The van der Waals surface area contributed by atoms with Gasteiger partial charge in [-0.05, 0) is 42.8 Å². The maximum Gasteiger partial charge on any atom is 0.257 e. The molecule has 0 saturated carbocycles. The van der Waals surface area contributed by atoms with Crippen LogP contribution in [0.25, 0.3) is 0 Å². The standard InChI is InChI=1S/C19H21ClN2O2.ClH/c20-16-8-6-15(7-9-16)14-24-18-5-2-1-4-17(18)19(23)22-12-3-10-21-11-13-22;/h1-2,4-9,21H,3,10-14H2;1H. The van der Waals surface area contributed by atoms with Crippen LogP contribution in [0.5, 0.6) is 5.75 Å². The summed E-state index contributed by atoms with van der Waals surface area (Å²) in [5.74, 6) is 0.653. The van der Waals surface area contributed by atoms with Crippen LogP contribution in [-0.4, -0.2) is 37.0 Å². The molecule has 1 aliphatic heterocycles. The zero-order valence-corrected chi connectivity index (χ0v) is 15.5. The molecule has 0 radical (unpaired) electrons. The van der Waals surface area contributed by atoms with Gasteiger partial charge in [0.1, 0.15) is 12.4 Å². The molecule has 1 aliphatic rings. The van der Waals surface area contributed by atoms with Crippen LogP contribution in [0.4, 0.5) is 0 Å². The lowest BCUT2D eigenvalue weighted by Crippen LogP contribution is -2.34. The van der Waals surface area contributed by atoms with Gasteiger partial charge < -0.3 is 15.0 Å². The summed E-state index contributed by atoms with van der Waals surface area (Å²) in [5.41, 5.74) is 1.63. The number of carbonyl (C=O) groups is 1. The summed E-state index contributed by atoms with van der Waals surface area (Å²) in [6.07, 6.45) is 0.972. The summed E-state index contributed by atoms with van der Waals surface area (Å²) in [5, 5.41) is 4.01. The van der Waals surface area contributed by atoms with E-state index in [0.717, 1.165) is 38.2 Å². The van der Waals surface area contributed by atoms with Gasteiger partial charge in [-0.2, -0.15) is 0 Å². The highest BCUT2D eigenvalue weighted by Crippen LogP contribution is 2.22. The Labute approximate surface area is 159 Å². The van der Waals surface area contributed by atoms with E-state index in [1.54, 1.807) is 0 Å². The maximum absolute atomic E-state index is 12.8. The van der Waals surface area contributed by atoms with Gasteiger partial charge in [0, 0.05) is 24.7 Å². The Morgan fingerprint density at radius 3 is 2.64 bits per heavy atom. The molecule has 2 aromatic carbocycles. The molecular weight excluding hydrogens is 359 g/mol. The minimum atomic E-state index is 0. The minimum absolute atomic E-state index is 0. The van der Waals surface area contributed by atoms with Crippen LogP contribution in [0.15, 0.2) is 48.5 Å². The smallest absolute Gasteiger partial charge is 0.257 e. The second kappa shape index (κ2) is 9.66. The molecule has 1 N–H and O–H groups in total. The summed E-state index contributed by atoms with van der Waals surface area (Å²) in [6.45, 7) is 3.70. The van der Waals surface area contributed by atoms with Crippen LogP contribution in [0.3, 0.4) is 0 Å². The normalized spacial score (nSPS) is 14.4. The Balaban J connectivity index is 0.00000225. The first-order valence-corrected chi connectivity index (χ1v) is 8.58. The third kappa shape index (κ3) is 5.36. The number of nitrogens with zero attached hydrogens (tertiary/aromatic N) is 1. The number of para-hydroxylation sites is 1. The molecule has 0 atom stereocenters. The highest BCUT2D eigenvalue weighted by Gasteiger charge is 2.20. The largest absolute Gasteiger partial charge is 0.488 e. The molecule has 0 unspecified atom stereocenters. The van der Waals surface area contributed by atoms with Crippen molar-refractivity contribution >= 4 is 29.9 Å². The molecule has 1 amide bonds. The maximum atomic E-state index is 12.8. The third-order valence-corrected chi connectivity index (χ3v) is 4.30. The first-order chi connectivity index (χ1) is 11.7. The predicted molar refractivity (Wildman–Crippen MR) is 103 cm³/mol. The lowest BCUT2D eigenvalue weighted by molar-refractivity contribution is 0.0761. The van der Waals surface area contributed by atoms with E-state index in [4.69, 9.17) is 16.3 Å². The van der Waals surface area contributed by atoms with E-state index in [0.29, 0.717) is 22.9 Å². The number of hydrogen-bond donors (Lipinski definition) is 1. The molecule has 4 nitrogen and oxygen atoms in total. The van der Waals surface area contributed by atoms with Gasteiger partial charge in [0.05, 0.1) is 5.56 Å². The molecular formula is C19H22Cl2N2O2. The zero-order chi connectivity index (χ0) is 16.8. The van der Waals surface area contributed by atoms with Gasteiger partial charge in [-0.1, -0.05) is 35.9 Å². The molecule has 1 fully saturated rings. The van der Waals surface area contributed by atoms with Crippen molar-refractivity contribution in [2.75, 3.05) is 26.2 Å². The van der Waals surface area contributed by atoms with Crippen LogP contribution in [0, 0.1) is 0 Å². The van der Waals surface area contributed by atoms with E-state index >= 15 is 0 Å². The fourth-order valence-electron chi connectivity index (χ4n) is 2.73. The molecule has 134 valence electrons. The zero-order valence-electron chi connectivity index (χ0n) is 13.9. The quantitative estimate of drug-likeness (QED) is 0.877. The molecule has 1 saturated heterocycles. The number of amides is 1. The third-order valence-electron chi connectivity index (χ3n) is 4.05. The van der Waals surface area contributed by atoms with E-state index < -0.39 is 0 Å². The van der Waals surface area contributed by atoms with Gasteiger partial charge >= 0.3 is 0 Å². The molecule has 6 heteroatoms.